The number of ketones is 1. The van der Waals surface area contributed by atoms with Crippen LogP contribution in [-0.2, 0) is 17.1 Å². The number of benzene rings is 2. The number of nitrogens with one attached hydrogen (secondary N) is 1. The first kappa shape index (κ1) is 19.6. The second-order valence-corrected chi connectivity index (χ2v) is 8.56. The molecule has 0 unspecified atom stereocenters. The lowest BCUT2D eigenvalue weighted by Gasteiger charge is -2.10. The molecule has 3 aromatic rings. The van der Waals surface area contributed by atoms with E-state index in [2.05, 4.69) is 4.72 Å². The van der Waals surface area contributed by atoms with Gasteiger partial charge in [-0.05, 0) is 43.2 Å². The van der Waals surface area contributed by atoms with Gasteiger partial charge in [0, 0.05) is 30.1 Å². The minimum atomic E-state index is -3.78. The van der Waals surface area contributed by atoms with E-state index in [4.69, 9.17) is 11.6 Å². The van der Waals surface area contributed by atoms with Crippen molar-refractivity contribution in [1.29, 1.82) is 0 Å². The van der Waals surface area contributed by atoms with Crippen molar-refractivity contribution in [2.75, 3.05) is 6.54 Å². The number of para-hydroxylation sites is 1. The fraction of sp³-hybridized carbons (Fsp3) is 0.250. The highest BCUT2D eigenvalue weighted by atomic mass is 35.5. The van der Waals surface area contributed by atoms with Crippen molar-refractivity contribution in [3.63, 3.8) is 0 Å². The maximum absolute atomic E-state index is 13.2. The molecule has 0 saturated heterocycles. The Bertz CT molecular complexity index is 1090. The van der Waals surface area contributed by atoms with Gasteiger partial charge in [-0.15, -0.1) is 0 Å². The molecular formula is C20H21ClN2O3S. The maximum atomic E-state index is 13.2. The number of aryl methyl sites for hydroxylation is 2. The summed E-state index contributed by atoms with van der Waals surface area (Å²) in [5.41, 5.74) is 2.63. The van der Waals surface area contributed by atoms with Crippen LogP contribution in [0.3, 0.4) is 0 Å². The number of nitrogens with zero attached hydrogens (tertiary/aromatic N) is 1. The molecule has 0 bridgehead atoms. The van der Waals surface area contributed by atoms with E-state index in [0.717, 1.165) is 16.5 Å². The number of fused-ring (bicyclic) bond motifs is 1. The molecule has 0 radical (unpaired) electrons. The Balaban J connectivity index is 2.11. The van der Waals surface area contributed by atoms with Crippen molar-refractivity contribution in [2.45, 2.75) is 25.2 Å². The van der Waals surface area contributed by atoms with Gasteiger partial charge in [-0.3, -0.25) is 4.79 Å². The fourth-order valence-electron chi connectivity index (χ4n) is 3.21. The van der Waals surface area contributed by atoms with Gasteiger partial charge < -0.3 is 4.57 Å². The van der Waals surface area contributed by atoms with Crippen LogP contribution in [-0.4, -0.2) is 25.3 Å². The summed E-state index contributed by atoms with van der Waals surface area (Å²) >= 11 is 6.10. The molecule has 1 heterocycles. The van der Waals surface area contributed by atoms with Gasteiger partial charge in [0.1, 0.15) is 4.90 Å². The van der Waals surface area contributed by atoms with E-state index >= 15 is 0 Å². The molecular weight excluding hydrogens is 384 g/mol. The van der Waals surface area contributed by atoms with Crippen molar-refractivity contribution in [3.8, 4) is 0 Å². The molecule has 2 aromatic carbocycles. The summed E-state index contributed by atoms with van der Waals surface area (Å²) in [4.78, 5) is 13.1. The predicted molar refractivity (Wildman–Crippen MR) is 108 cm³/mol. The van der Waals surface area contributed by atoms with Crippen molar-refractivity contribution in [3.05, 3.63) is 64.3 Å². The van der Waals surface area contributed by atoms with Crippen LogP contribution in [0.25, 0.3) is 10.9 Å². The Hall–Kier alpha value is -2.15. The number of halogens is 1. The number of carbonyl (C=O) groups is 1. The highest BCUT2D eigenvalue weighted by Gasteiger charge is 2.23. The minimum Gasteiger partial charge on any atom is -0.341 e. The minimum absolute atomic E-state index is 0.0834. The van der Waals surface area contributed by atoms with E-state index in [1.165, 1.54) is 12.1 Å². The molecule has 5 nitrogen and oxygen atoms in total. The molecule has 0 spiro atoms. The largest absolute Gasteiger partial charge is 0.341 e. The van der Waals surface area contributed by atoms with Gasteiger partial charge in [0.25, 0.3) is 0 Å². The third-order valence-corrected chi connectivity index (χ3v) is 6.54. The van der Waals surface area contributed by atoms with E-state index in [-0.39, 0.29) is 21.3 Å². The van der Waals surface area contributed by atoms with Crippen LogP contribution >= 0.6 is 11.6 Å². The van der Waals surface area contributed by atoms with Crippen LogP contribution < -0.4 is 4.72 Å². The second kappa shape index (κ2) is 7.46. The molecule has 0 aliphatic carbocycles. The summed E-state index contributed by atoms with van der Waals surface area (Å²) in [7, 11) is -1.94. The van der Waals surface area contributed by atoms with Crippen molar-refractivity contribution in [2.24, 2.45) is 7.05 Å². The second-order valence-electron chi connectivity index (χ2n) is 6.42. The number of sulfonamides is 1. The van der Waals surface area contributed by atoms with Crippen LogP contribution in [0.1, 0.15) is 35.0 Å². The molecule has 27 heavy (non-hydrogen) atoms. The number of hydrogen-bond acceptors (Lipinski definition) is 3. The molecule has 0 aliphatic rings. The van der Waals surface area contributed by atoms with E-state index in [1.54, 1.807) is 6.07 Å². The quantitative estimate of drug-likeness (QED) is 0.630. The van der Waals surface area contributed by atoms with E-state index in [9.17, 15) is 13.2 Å². The fourth-order valence-corrected chi connectivity index (χ4v) is 4.86. The van der Waals surface area contributed by atoms with Gasteiger partial charge in [0.15, 0.2) is 0 Å². The first-order valence-electron chi connectivity index (χ1n) is 8.66. The average Bonchev–Trinajstić information content (AvgIpc) is 2.91. The Kier molecular flexibility index (Phi) is 5.42. The smallest absolute Gasteiger partial charge is 0.242 e. The zero-order valence-electron chi connectivity index (χ0n) is 15.4. The topological polar surface area (TPSA) is 68.2 Å². The van der Waals surface area contributed by atoms with Crippen LogP contribution in [0.15, 0.2) is 47.4 Å². The highest BCUT2D eigenvalue weighted by molar-refractivity contribution is 7.89. The standard InChI is InChI=1S/C20H21ClN2O3S/c1-4-11-22-27(25,26)18-12-14(9-10-16(18)21)20(24)19-13(2)15-7-5-6-8-17(15)23(19)3/h5-10,12,22H,4,11H2,1-3H3. The SMILES string of the molecule is CCCNS(=O)(=O)c1cc(C(=O)c2c(C)c3ccccc3n2C)ccc1Cl. The van der Waals surface area contributed by atoms with E-state index in [1.807, 2.05) is 49.7 Å². The molecule has 1 aromatic heterocycles. The van der Waals surface area contributed by atoms with Gasteiger partial charge in [-0.1, -0.05) is 36.7 Å². The molecule has 0 fully saturated rings. The van der Waals surface area contributed by atoms with Gasteiger partial charge in [0.05, 0.1) is 10.7 Å². The lowest BCUT2D eigenvalue weighted by molar-refractivity contribution is 0.103. The van der Waals surface area contributed by atoms with E-state index < -0.39 is 10.0 Å². The normalized spacial score (nSPS) is 11.9. The van der Waals surface area contributed by atoms with Gasteiger partial charge in [0.2, 0.25) is 15.8 Å². The molecule has 0 aliphatic heterocycles. The summed E-state index contributed by atoms with van der Waals surface area (Å²) < 4.78 is 29.3. The molecule has 7 heteroatoms. The molecule has 142 valence electrons. The third kappa shape index (κ3) is 3.52. The number of hydrogen-bond donors (Lipinski definition) is 1. The van der Waals surface area contributed by atoms with Crippen LogP contribution in [0, 0.1) is 6.92 Å². The maximum Gasteiger partial charge on any atom is 0.242 e. The van der Waals surface area contributed by atoms with Crippen molar-refractivity contribution >= 4 is 38.3 Å². The Morgan fingerprint density at radius 1 is 1.19 bits per heavy atom. The summed E-state index contributed by atoms with van der Waals surface area (Å²) in [5, 5.41) is 1.08. The molecule has 0 saturated carbocycles. The number of rotatable bonds is 6. The van der Waals surface area contributed by atoms with Gasteiger partial charge >= 0.3 is 0 Å². The molecule has 0 amide bonds. The highest BCUT2D eigenvalue weighted by Crippen LogP contribution is 2.28. The number of carbonyl (C=O) groups excluding carboxylic acids is 1. The van der Waals surface area contributed by atoms with Crippen LogP contribution in [0.4, 0.5) is 0 Å². The summed E-state index contributed by atoms with van der Waals surface area (Å²) in [6.07, 6.45) is 0.657. The van der Waals surface area contributed by atoms with Crippen molar-refractivity contribution in [1.82, 2.24) is 9.29 Å². The lowest BCUT2D eigenvalue weighted by Crippen LogP contribution is -2.25. The van der Waals surface area contributed by atoms with Crippen LogP contribution in [0.2, 0.25) is 5.02 Å². The van der Waals surface area contributed by atoms with E-state index in [0.29, 0.717) is 18.7 Å². The molecule has 1 N–H and O–H groups in total. The first-order chi connectivity index (χ1) is 12.8. The van der Waals surface area contributed by atoms with Gasteiger partial charge in [-0.25, -0.2) is 13.1 Å². The number of aromatic nitrogens is 1. The monoisotopic (exact) mass is 404 g/mol. The average molecular weight is 405 g/mol. The Labute approximate surface area is 164 Å². The predicted octanol–water partition coefficient (Wildman–Crippen LogP) is 4.06. The van der Waals surface area contributed by atoms with Crippen molar-refractivity contribution < 1.29 is 13.2 Å². The summed E-state index contributed by atoms with van der Waals surface area (Å²) in [6, 6.07) is 12.1. The zero-order valence-corrected chi connectivity index (χ0v) is 17.0. The van der Waals surface area contributed by atoms with Gasteiger partial charge in [-0.2, -0.15) is 0 Å². The first-order valence-corrected chi connectivity index (χ1v) is 10.5. The summed E-state index contributed by atoms with van der Waals surface area (Å²) in [5.74, 6) is -0.241. The lowest BCUT2D eigenvalue weighted by atomic mass is 10.0. The molecule has 0 atom stereocenters. The third-order valence-electron chi connectivity index (χ3n) is 4.60. The van der Waals surface area contributed by atoms with Crippen LogP contribution in [0.5, 0.6) is 0 Å². The zero-order chi connectivity index (χ0) is 19.8. The molecule has 3 rings (SSSR count). The Morgan fingerprint density at radius 2 is 1.89 bits per heavy atom. The summed E-state index contributed by atoms with van der Waals surface area (Å²) in [6.45, 7) is 4.07. The Morgan fingerprint density at radius 3 is 2.56 bits per heavy atom.